The van der Waals surface area contributed by atoms with Crippen molar-refractivity contribution in [3.63, 3.8) is 0 Å². The number of benzene rings is 2. The summed E-state index contributed by atoms with van der Waals surface area (Å²) in [5, 5.41) is 12.8. The Kier molecular flexibility index (Phi) is 4.82. The van der Waals surface area contributed by atoms with Crippen molar-refractivity contribution in [2.24, 2.45) is 0 Å². The number of rotatable bonds is 5. The van der Waals surface area contributed by atoms with E-state index in [4.69, 9.17) is 4.74 Å². The third kappa shape index (κ3) is 3.98. The highest BCUT2D eigenvalue weighted by Gasteiger charge is 2.00. The Bertz CT molecular complexity index is 558. The van der Waals surface area contributed by atoms with Crippen molar-refractivity contribution < 1.29 is 9.84 Å². The molecule has 0 aliphatic heterocycles. The summed E-state index contributed by atoms with van der Waals surface area (Å²) in [6.45, 7) is 1.32. The van der Waals surface area contributed by atoms with E-state index in [1.807, 2.05) is 30.3 Å². The van der Waals surface area contributed by atoms with E-state index in [2.05, 4.69) is 27.3 Å². The number of nitrogens with one attached hydrogen (secondary N) is 1. The molecule has 0 fully saturated rings. The van der Waals surface area contributed by atoms with Crippen LogP contribution in [0, 0.1) is 0 Å². The number of methoxy groups -OCH3 is 1. The fourth-order valence-corrected chi connectivity index (χ4v) is 2.23. The van der Waals surface area contributed by atoms with Crippen LogP contribution in [0.15, 0.2) is 46.9 Å². The third-order valence-corrected chi connectivity index (χ3v) is 3.38. The molecule has 2 rings (SSSR count). The number of ether oxygens (including phenoxy) is 1. The lowest BCUT2D eigenvalue weighted by Gasteiger charge is -2.09. The van der Waals surface area contributed by atoms with Crippen molar-refractivity contribution >= 4 is 21.6 Å². The number of phenolic OH excluding ortho intramolecular Hbond substituents is 1. The number of anilines is 1. The number of hydrogen-bond acceptors (Lipinski definition) is 3. The van der Waals surface area contributed by atoms with Gasteiger partial charge in [0.2, 0.25) is 0 Å². The van der Waals surface area contributed by atoms with E-state index in [-0.39, 0.29) is 5.75 Å². The zero-order chi connectivity index (χ0) is 13.7. The second kappa shape index (κ2) is 6.59. The van der Waals surface area contributed by atoms with Crippen molar-refractivity contribution in [3.8, 4) is 5.75 Å². The van der Waals surface area contributed by atoms with Crippen LogP contribution in [0.5, 0.6) is 5.75 Å². The molecule has 0 aliphatic carbocycles. The smallest absolute Gasteiger partial charge is 0.129 e. The molecule has 0 saturated heterocycles. The van der Waals surface area contributed by atoms with Gasteiger partial charge < -0.3 is 15.2 Å². The SMILES string of the molecule is COCc1cccc(NCc2ccc(O)c(Br)c2)c1. The van der Waals surface area contributed by atoms with Gasteiger partial charge in [-0.3, -0.25) is 0 Å². The van der Waals surface area contributed by atoms with Gasteiger partial charge in [0.1, 0.15) is 5.75 Å². The summed E-state index contributed by atoms with van der Waals surface area (Å²) >= 11 is 3.31. The van der Waals surface area contributed by atoms with Crippen molar-refractivity contribution in [2.45, 2.75) is 13.2 Å². The maximum absolute atomic E-state index is 9.44. The second-order valence-corrected chi connectivity index (χ2v) is 5.13. The van der Waals surface area contributed by atoms with Crippen LogP contribution in [0.3, 0.4) is 0 Å². The second-order valence-electron chi connectivity index (χ2n) is 4.27. The first-order chi connectivity index (χ1) is 9.19. The van der Waals surface area contributed by atoms with Crippen LogP contribution in [-0.4, -0.2) is 12.2 Å². The molecule has 0 spiro atoms. The van der Waals surface area contributed by atoms with Crippen LogP contribution in [0.1, 0.15) is 11.1 Å². The van der Waals surface area contributed by atoms with Gasteiger partial charge in [-0.2, -0.15) is 0 Å². The first kappa shape index (κ1) is 13.9. The maximum atomic E-state index is 9.44. The van der Waals surface area contributed by atoms with E-state index < -0.39 is 0 Å². The summed E-state index contributed by atoms with van der Waals surface area (Å²) in [5.74, 6) is 0.255. The molecule has 2 N–H and O–H groups in total. The van der Waals surface area contributed by atoms with Crippen LogP contribution in [-0.2, 0) is 17.9 Å². The number of halogens is 1. The lowest BCUT2D eigenvalue weighted by molar-refractivity contribution is 0.185. The van der Waals surface area contributed by atoms with Crippen molar-refractivity contribution in [3.05, 3.63) is 58.1 Å². The van der Waals surface area contributed by atoms with Crippen molar-refractivity contribution in [2.75, 3.05) is 12.4 Å². The average molecular weight is 322 g/mol. The van der Waals surface area contributed by atoms with E-state index in [1.165, 1.54) is 0 Å². The van der Waals surface area contributed by atoms with Gasteiger partial charge in [0.05, 0.1) is 11.1 Å². The number of phenols is 1. The third-order valence-electron chi connectivity index (χ3n) is 2.75. The highest BCUT2D eigenvalue weighted by Crippen LogP contribution is 2.24. The molecule has 100 valence electrons. The Morgan fingerprint density at radius 3 is 2.74 bits per heavy atom. The molecule has 0 radical (unpaired) electrons. The molecule has 0 bridgehead atoms. The lowest BCUT2D eigenvalue weighted by Crippen LogP contribution is -2.00. The van der Waals surface area contributed by atoms with Gasteiger partial charge in [-0.15, -0.1) is 0 Å². The standard InChI is InChI=1S/C15H16BrNO2/c1-19-10-12-3-2-4-13(7-12)17-9-11-5-6-15(18)14(16)8-11/h2-8,17-18H,9-10H2,1H3. The van der Waals surface area contributed by atoms with Gasteiger partial charge in [0.15, 0.2) is 0 Å². The first-order valence-corrected chi connectivity index (χ1v) is 6.77. The topological polar surface area (TPSA) is 41.5 Å². The van der Waals surface area contributed by atoms with E-state index in [0.717, 1.165) is 16.8 Å². The minimum absolute atomic E-state index is 0.255. The van der Waals surface area contributed by atoms with Gasteiger partial charge in [0, 0.05) is 19.3 Å². The fourth-order valence-electron chi connectivity index (χ4n) is 1.80. The highest BCUT2D eigenvalue weighted by molar-refractivity contribution is 9.10. The summed E-state index contributed by atoms with van der Waals surface area (Å²) in [6.07, 6.45) is 0. The molecule has 2 aromatic carbocycles. The van der Waals surface area contributed by atoms with Crippen LogP contribution in [0.2, 0.25) is 0 Å². The Morgan fingerprint density at radius 1 is 1.16 bits per heavy atom. The summed E-state index contributed by atoms with van der Waals surface area (Å²) in [4.78, 5) is 0. The first-order valence-electron chi connectivity index (χ1n) is 5.98. The minimum atomic E-state index is 0.255. The maximum Gasteiger partial charge on any atom is 0.129 e. The zero-order valence-electron chi connectivity index (χ0n) is 10.7. The van der Waals surface area contributed by atoms with Gasteiger partial charge >= 0.3 is 0 Å². The molecule has 0 unspecified atom stereocenters. The highest BCUT2D eigenvalue weighted by atomic mass is 79.9. The fraction of sp³-hybridized carbons (Fsp3) is 0.200. The van der Waals surface area contributed by atoms with Gasteiger partial charge in [-0.1, -0.05) is 18.2 Å². The van der Waals surface area contributed by atoms with Crippen molar-refractivity contribution in [1.29, 1.82) is 0 Å². The monoisotopic (exact) mass is 321 g/mol. The number of aromatic hydroxyl groups is 1. The molecule has 0 heterocycles. The molecule has 0 aromatic heterocycles. The molecule has 0 amide bonds. The summed E-state index contributed by atoms with van der Waals surface area (Å²) in [7, 11) is 1.69. The Morgan fingerprint density at radius 2 is 2.00 bits per heavy atom. The Balaban J connectivity index is 2.01. The minimum Gasteiger partial charge on any atom is -0.507 e. The van der Waals surface area contributed by atoms with E-state index in [0.29, 0.717) is 17.6 Å². The summed E-state index contributed by atoms with van der Waals surface area (Å²) < 4.78 is 5.82. The molecule has 3 nitrogen and oxygen atoms in total. The lowest BCUT2D eigenvalue weighted by atomic mass is 10.2. The molecule has 4 heteroatoms. The molecular formula is C15H16BrNO2. The Labute approximate surface area is 121 Å². The molecule has 0 atom stereocenters. The largest absolute Gasteiger partial charge is 0.507 e. The van der Waals surface area contributed by atoms with Gasteiger partial charge in [-0.25, -0.2) is 0 Å². The van der Waals surface area contributed by atoms with E-state index in [9.17, 15) is 5.11 Å². The van der Waals surface area contributed by atoms with E-state index >= 15 is 0 Å². The summed E-state index contributed by atoms with van der Waals surface area (Å²) in [5.41, 5.74) is 3.29. The average Bonchev–Trinajstić information content (AvgIpc) is 2.41. The molecular weight excluding hydrogens is 306 g/mol. The van der Waals surface area contributed by atoms with Gasteiger partial charge in [-0.05, 0) is 51.3 Å². The number of hydrogen-bond donors (Lipinski definition) is 2. The zero-order valence-corrected chi connectivity index (χ0v) is 12.3. The van der Waals surface area contributed by atoms with Crippen molar-refractivity contribution in [1.82, 2.24) is 0 Å². The van der Waals surface area contributed by atoms with Gasteiger partial charge in [0.25, 0.3) is 0 Å². The normalized spacial score (nSPS) is 10.4. The molecule has 0 saturated carbocycles. The quantitative estimate of drug-likeness (QED) is 0.877. The van der Waals surface area contributed by atoms with Crippen LogP contribution < -0.4 is 5.32 Å². The molecule has 0 aliphatic rings. The molecule has 19 heavy (non-hydrogen) atoms. The summed E-state index contributed by atoms with van der Waals surface area (Å²) in [6, 6.07) is 13.6. The predicted molar refractivity (Wildman–Crippen MR) is 80.3 cm³/mol. The van der Waals surface area contributed by atoms with Crippen LogP contribution in [0.4, 0.5) is 5.69 Å². The predicted octanol–water partition coefficient (Wildman–Crippen LogP) is 3.91. The Hall–Kier alpha value is -1.52. The molecule has 2 aromatic rings. The van der Waals surface area contributed by atoms with Crippen LogP contribution in [0.25, 0.3) is 0 Å². The van der Waals surface area contributed by atoms with Crippen LogP contribution >= 0.6 is 15.9 Å². The van der Waals surface area contributed by atoms with E-state index in [1.54, 1.807) is 13.2 Å².